The number of aromatic nitrogens is 1. The molecule has 0 unspecified atom stereocenters. The summed E-state index contributed by atoms with van der Waals surface area (Å²) < 4.78 is 0. The van der Waals surface area contributed by atoms with Gasteiger partial charge in [0.1, 0.15) is 0 Å². The van der Waals surface area contributed by atoms with Crippen LogP contribution in [-0.2, 0) is 6.54 Å². The van der Waals surface area contributed by atoms with Crippen molar-refractivity contribution in [3.8, 4) is 0 Å². The van der Waals surface area contributed by atoms with Crippen molar-refractivity contribution in [1.82, 2.24) is 4.98 Å². The van der Waals surface area contributed by atoms with Gasteiger partial charge >= 0.3 is 0 Å². The van der Waals surface area contributed by atoms with Gasteiger partial charge in [-0.05, 0) is 30.9 Å². The van der Waals surface area contributed by atoms with Crippen molar-refractivity contribution in [2.75, 3.05) is 18.0 Å². The normalized spacial score (nSPS) is 17.8. The number of hydrogen-bond acceptors (Lipinski definition) is 3. The minimum Gasteiger partial charge on any atom is -0.370 e. The van der Waals surface area contributed by atoms with Crippen LogP contribution in [0, 0.1) is 5.92 Å². The molecular formula is C13H21N3. The topological polar surface area (TPSA) is 42.2 Å². The quantitative estimate of drug-likeness (QED) is 0.847. The molecule has 3 heteroatoms. The van der Waals surface area contributed by atoms with E-state index in [4.69, 9.17) is 5.73 Å². The summed E-state index contributed by atoms with van der Waals surface area (Å²) in [5.74, 6) is 0.911. The third-order valence-electron chi connectivity index (χ3n) is 3.59. The molecule has 1 fully saturated rings. The summed E-state index contributed by atoms with van der Waals surface area (Å²) in [6.07, 6.45) is 5.74. The van der Waals surface area contributed by atoms with E-state index in [-0.39, 0.29) is 0 Å². The Kier molecular flexibility index (Phi) is 3.78. The van der Waals surface area contributed by atoms with E-state index in [1.807, 2.05) is 12.3 Å². The summed E-state index contributed by atoms with van der Waals surface area (Å²) in [7, 11) is 0. The largest absolute Gasteiger partial charge is 0.370 e. The van der Waals surface area contributed by atoms with Gasteiger partial charge in [0, 0.05) is 25.8 Å². The molecule has 1 aromatic heterocycles. The first-order chi connectivity index (χ1) is 7.85. The van der Waals surface area contributed by atoms with E-state index in [0.717, 1.165) is 24.7 Å². The lowest BCUT2D eigenvalue weighted by Gasteiger charge is -2.34. The van der Waals surface area contributed by atoms with Crippen LogP contribution in [-0.4, -0.2) is 18.1 Å². The average molecular weight is 219 g/mol. The lowest BCUT2D eigenvalue weighted by molar-refractivity contribution is 0.394. The predicted molar refractivity (Wildman–Crippen MR) is 67.4 cm³/mol. The van der Waals surface area contributed by atoms with E-state index in [2.05, 4.69) is 22.9 Å². The molecular weight excluding hydrogens is 198 g/mol. The van der Waals surface area contributed by atoms with Crippen molar-refractivity contribution in [3.63, 3.8) is 0 Å². The molecule has 1 saturated heterocycles. The van der Waals surface area contributed by atoms with Crippen LogP contribution in [0.15, 0.2) is 18.3 Å². The highest BCUT2D eigenvalue weighted by molar-refractivity contribution is 5.50. The molecule has 16 heavy (non-hydrogen) atoms. The molecule has 1 aliphatic heterocycles. The SMILES string of the molecule is CCC1CCN(c2cccnc2CN)CC1. The van der Waals surface area contributed by atoms with E-state index < -0.39 is 0 Å². The zero-order valence-electron chi connectivity index (χ0n) is 10.0. The van der Waals surface area contributed by atoms with Gasteiger partial charge in [0.15, 0.2) is 0 Å². The second-order valence-electron chi connectivity index (χ2n) is 4.51. The molecule has 0 amide bonds. The Morgan fingerprint density at radius 2 is 2.19 bits per heavy atom. The molecule has 1 aromatic rings. The van der Waals surface area contributed by atoms with Crippen LogP contribution >= 0.6 is 0 Å². The van der Waals surface area contributed by atoms with Crippen molar-refractivity contribution >= 4 is 5.69 Å². The molecule has 2 heterocycles. The molecule has 2 rings (SSSR count). The summed E-state index contributed by atoms with van der Waals surface area (Å²) in [6.45, 7) is 5.12. The number of hydrogen-bond donors (Lipinski definition) is 1. The van der Waals surface area contributed by atoms with Crippen LogP contribution in [0.5, 0.6) is 0 Å². The zero-order chi connectivity index (χ0) is 11.4. The highest BCUT2D eigenvalue weighted by Crippen LogP contribution is 2.26. The maximum absolute atomic E-state index is 5.72. The number of pyridine rings is 1. The number of nitrogens with zero attached hydrogens (tertiary/aromatic N) is 2. The van der Waals surface area contributed by atoms with Gasteiger partial charge in [0.2, 0.25) is 0 Å². The van der Waals surface area contributed by atoms with Gasteiger partial charge < -0.3 is 10.6 Å². The van der Waals surface area contributed by atoms with E-state index >= 15 is 0 Å². The van der Waals surface area contributed by atoms with Crippen molar-refractivity contribution in [2.24, 2.45) is 11.7 Å². The Hall–Kier alpha value is -1.09. The fourth-order valence-corrected chi connectivity index (χ4v) is 2.46. The Morgan fingerprint density at radius 1 is 1.44 bits per heavy atom. The maximum atomic E-state index is 5.72. The van der Waals surface area contributed by atoms with E-state index in [0.29, 0.717) is 6.54 Å². The van der Waals surface area contributed by atoms with Gasteiger partial charge in [-0.1, -0.05) is 13.3 Å². The molecule has 0 saturated carbocycles. The second-order valence-corrected chi connectivity index (χ2v) is 4.51. The predicted octanol–water partition coefficient (Wildman–Crippen LogP) is 2.17. The van der Waals surface area contributed by atoms with Crippen LogP contribution < -0.4 is 10.6 Å². The highest BCUT2D eigenvalue weighted by Gasteiger charge is 2.19. The molecule has 0 aromatic carbocycles. The standard InChI is InChI=1S/C13H21N3/c1-2-11-5-8-16(9-6-11)13-4-3-7-15-12(13)10-14/h3-4,7,11H,2,5-6,8-10,14H2,1H3. The summed E-state index contributed by atoms with van der Waals surface area (Å²) in [6, 6.07) is 4.14. The summed E-state index contributed by atoms with van der Waals surface area (Å²) in [5, 5.41) is 0. The van der Waals surface area contributed by atoms with Crippen molar-refractivity contribution in [1.29, 1.82) is 0 Å². The minimum atomic E-state index is 0.532. The average Bonchev–Trinajstić information content (AvgIpc) is 2.39. The van der Waals surface area contributed by atoms with Crippen LogP contribution in [0.3, 0.4) is 0 Å². The first-order valence-electron chi connectivity index (χ1n) is 6.24. The summed E-state index contributed by atoms with van der Waals surface area (Å²) in [4.78, 5) is 6.78. The molecule has 0 spiro atoms. The van der Waals surface area contributed by atoms with E-state index in [1.165, 1.54) is 24.9 Å². The number of anilines is 1. The van der Waals surface area contributed by atoms with Gasteiger partial charge in [0.05, 0.1) is 11.4 Å². The van der Waals surface area contributed by atoms with Crippen molar-refractivity contribution in [3.05, 3.63) is 24.0 Å². The molecule has 1 aliphatic rings. The maximum Gasteiger partial charge on any atom is 0.0772 e. The Bertz CT molecular complexity index is 330. The summed E-state index contributed by atoms with van der Waals surface area (Å²) >= 11 is 0. The first kappa shape index (κ1) is 11.4. The van der Waals surface area contributed by atoms with Gasteiger partial charge in [0.25, 0.3) is 0 Å². The Morgan fingerprint density at radius 3 is 2.81 bits per heavy atom. The number of piperidine rings is 1. The molecule has 2 N–H and O–H groups in total. The van der Waals surface area contributed by atoms with Crippen LogP contribution in [0.4, 0.5) is 5.69 Å². The highest BCUT2D eigenvalue weighted by atomic mass is 15.1. The Labute approximate surface area is 97.7 Å². The number of nitrogens with two attached hydrogens (primary N) is 1. The van der Waals surface area contributed by atoms with Crippen LogP contribution in [0.1, 0.15) is 31.9 Å². The molecule has 0 aliphatic carbocycles. The van der Waals surface area contributed by atoms with Crippen LogP contribution in [0.25, 0.3) is 0 Å². The first-order valence-corrected chi connectivity index (χ1v) is 6.24. The number of rotatable bonds is 3. The third kappa shape index (κ3) is 2.35. The van der Waals surface area contributed by atoms with Gasteiger partial charge in [-0.3, -0.25) is 4.98 Å². The molecule has 3 nitrogen and oxygen atoms in total. The third-order valence-corrected chi connectivity index (χ3v) is 3.59. The molecule has 0 atom stereocenters. The smallest absolute Gasteiger partial charge is 0.0772 e. The van der Waals surface area contributed by atoms with Crippen molar-refractivity contribution < 1.29 is 0 Å². The van der Waals surface area contributed by atoms with Crippen molar-refractivity contribution in [2.45, 2.75) is 32.7 Å². The van der Waals surface area contributed by atoms with E-state index in [9.17, 15) is 0 Å². The van der Waals surface area contributed by atoms with Gasteiger partial charge in [-0.25, -0.2) is 0 Å². The molecule has 88 valence electrons. The summed E-state index contributed by atoms with van der Waals surface area (Å²) in [5.41, 5.74) is 7.98. The van der Waals surface area contributed by atoms with Crippen LogP contribution in [0.2, 0.25) is 0 Å². The monoisotopic (exact) mass is 219 g/mol. The lowest BCUT2D eigenvalue weighted by atomic mass is 9.94. The second kappa shape index (κ2) is 5.30. The fraction of sp³-hybridized carbons (Fsp3) is 0.615. The lowest BCUT2D eigenvalue weighted by Crippen LogP contribution is -2.34. The molecule has 0 bridgehead atoms. The van der Waals surface area contributed by atoms with E-state index in [1.54, 1.807) is 0 Å². The Balaban J connectivity index is 2.07. The molecule has 0 radical (unpaired) electrons. The fourth-order valence-electron chi connectivity index (χ4n) is 2.46. The van der Waals surface area contributed by atoms with Gasteiger partial charge in [-0.15, -0.1) is 0 Å². The minimum absolute atomic E-state index is 0.532. The van der Waals surface area contributed by atoms with Gasteiger partial charge in [-0.2, -0.15) is 0 Å². The zero-order valence-corrected chi connectivity index (χ0v) is 10.0.